The summed E-state index contributed by atoms with van der Waals surface area (Å²) in [6.07, 6.45) is 3.82. The molecular formula is C17H23N3O. The summed E-state index contributed by atoms with van der Waals surface area (Å²) in [7, 11) is 0. The highest BCUT2D eigenvalue weighted by atomic mass is 16.2. The molecule has 4 heteroatoms. The Morgan fingerprint density at radius 2 is 1.86 bits per heavy atom. The molecule has 1 spiro atoms. The summed E-state index contributed by atoms with van der Waals surface area (Å²) in [5.41, 5.74) is 0.959. The molecule has 21 heavy (non-hydrogen) atoms. The molecule has 0 atom stereocenters. The van der Waals surface area contributed by atoms with Crippen LogP contribution in [-0.2, 0) is 4.79 Å². The summed E-state index contributed by atoms with van der Waals surface area (Å²) in [6.45, 7) is 4.02. The summed E-state index contributed by atoms with van der Waals surface area (Å²) in [5, 5.41) is 6.25. The van der Waals surface area contributed by atoms with Crippen molar-refractivity contribution in [2.24, 2.45) is 4.99 Å². The van der Waals surface area contributed by atoms with Crippen molar-refractivity contribution >= 4 is 11.9 Å². The van der Waals surface area contributed by atoms with Crippen LogP contribution >= 0.6 is 0 Å². The van der Waals surface area contributed by atoms with Gasteiger partial charge >= 0.3 is 0 Å². The normalized spacial score (nSPS) is 30.7. The first-order valence-electron chi connectivity index (χ1n) is 7.81. The number of hydrogen-bond acceptors (Lipinski definition) is 2. The lowest BCUT2D eigenvalue weighted by Crippen LogP contribution is -2.49. The Labute approximate surface area is 126 Å². The van der Waals surface area contributed by atoms with Gasteiger partial charge in [0, 0.05) is 6.04 Å². The van der Waals surface area contributed by atoms with Crippen molar-refractivity contribution in [3.8, 4) is 0 Å². The summed E-state index contributed by atoms with van der Waals surface area (Å²) in [5.74, 6) is 1.30. The van der Waals surface area contributed by atoms with Gasteiger partial charge in [-0.05, 0) is 51.0 Å². The fourth-order valence-corrected chi connectivity index (χ4v) is 3.39. The molecule has 1 aromatic rings. The van der Waals surface area contributed by atoms with Crippen molar-refractivity contribution in [1.82, 2.24) is 10.6 Å². The van der Waals surface area contributed by atoms with Crippen molar-refractivity contribution in [3.63, 3.8) is 0 Å². The minimum Gasteiger partial charge on any atom is -0.342 e. The molecule has 1 aliphatic heterocycles. The zero-order valence-corrected chi connectivity index (χ0v) is 12.7. The number of benzene rings is 1. The first-order chi connectivity index (χ1) is 10.1. The van der Waals surface area contributed by atoms with Crippen LogP contribution in [0, 0.1) is 0 Å². The van der Waals surface area contributed by atoms with E-state index in [4.69, 9.17) is 0 Å². The van der Waals surface area contributed by atoms with Gasteiger partial charge in [-0.25, -0.2) is 0 Å². The van der Waals surface area contributed by atoms with Gasteiger partial charge in [0.1, 0.15) is 5.54 Å². The third kappa shape index (κ3) is 2.80. The van der Waals surface area contributed by atoms with Crippen molar-refractivity contribution in [2.75, 3.05) is 0 Å². The van der Waals surface area contributed by atoms with E-state index in [1.54, 1.807) is 0 Å². The Morgan fingerprint density at radius 1 is 1.19 bits per heavy atom. The zero-order chi connectivity index (χ0) is 14.9. The average molecular weight is 285 g/mol. The van der Waals surface area contributed by atoms with E-state index in [1.165, 1.54) is 5.56 Å². The molecule has 2 aliphatic rings. The van der Waals surface area contributed by atoms with E-state index in [9.17, 15) is 4.79 Å². The summed E-state index contributed by atoms with van der Waals surface area (Å²) >= 11 is 0. The van der Waals surface area contributed by atoms with E-state index < -0.39 is 5.54 Å². The number of nitrogens with zero attached hydrogens (tertiary/aromatic N) is 1. The quantitative estimate of drug-likeness (QED) is 0.877. The largest absolute Gasteiger partial charge is 0.342 e. The molecule has 1 heterocycles. The Bertz CT molecular complexity index is 542. The van der Waals surface area contributed by atoms with Gasteiger partial charge in [-0.3, -0.25) is 15.1 Å². The molecular weight excluding hydrogens is 262 g/mol. The van der Waals surface area contributed by atoms with Crippen LogP contribution in [0.4, 0.5) is 0 Å². The minimum absolute atomic E-state index is 0.0911. The van der Waals surface area contributed by atoms with Gasteiger partial charge in [-0.2, -0.15) is 0 Å². The van der Waals surface area contributed by atoms with Gasteiger partial charge in [-0.15, -0.1) is 0 Å². The molecule has 1 amide bonds. The van der Waals surface area contributed by atoms with E-state index in [0.717, 1.165) is 25.7 Å². The molecule has 0 radical (unpaired) electrons. The first-order valence-corrected chi connectivity index (χ1v) is 7.81. The van der Waals surface area contributed by atoms with Gasteiger partial charge in [0.2, 0.25) is 0 Å². The Kier molecular flexibility index (Phi) is 3.70. The highest BCUT2D eigenvalue weighted by molar-refractivity contribution is 6.09. The van der Waals surface area contributed by atoms with Crippen molar-refractivity contribution in [3.05, 3.63) is 35.9 Å². The van der Waals surface area contributed by atoms with Crippen molar-refractivity contribution in [1.29, 1.82) is 0 Å². The van der Waals surface area contributed by atoms with Crippen LogP contribution in [0.1, 0.15) is 51.0 Å². The SMILES string of the molecule is CC(C)N=C1NC(=O)C2(CCC(c3ccccc3)CC2)N1. The van der Waals surface area contributed by atoms with Gasteiger partial charge in [0.25, 0.3) is 5.91 Å². The zero-order valence-electron chi connectivity index (χ0n) is 12.7. The molecule has 2 fully saturated rings. The van der Waals surface area contributed by atoms with E-state index in [2.05, 4.69) is 46.0 Å². The maximum Gasteiger partial charge on any atom is 0.252 e. The molecule has 1 saturated carbocycles. The maximum absolute atomic E-state index is 12.3. The summed E-state index contributed by atoms with van der Waals surface area (Å²) < 4.78 is 0. The fraction of sp³-hybridized carbons (Fsp3) is 0.529. The molecule has 0 aromatic heterocycles. The Balaban J connectivity index is 1.69. The third-order valence-corrected chi connectivity index (χ3v) is 4.52. The van der Waals surface area contributed by atoms with Gasteiger partial charge in [0.15, 0.2) is 5.96 Å². The summed E-state index contributed by atoms with van der Waals surface area (Å²) in [4.78, 5) is 16.8. The van der Waals surface area contributed by atoms with Crippen LogP contribution in [-0.4, -0.2) is 23.4 Å². The number of carbonyl (C=O) groups excluding carboxylic acids is 1. The molecule has 4 nitrogen and oxygen atoms in total. The van der Waals surface area contributed by atoms with Gasteiger partial charge in [0.05, 0.1) is 0 Å². The molecule has 2 N–H and O–H groups in total. The van der Waals surface area contributed by atoms with Crippen LogP contribution in [0.5, 0.6) is 0 Å². The highest BCUT2D eigenvalue weighted by Crippen LogP contribution is 2.39. The topological polar surface area (TPSA) is 53.5 Å². The fourth-order valence-electron chi connectivity index (χ4n) is 3.39. The Morgan fingerprint density at radius 3 is 2.48 bits per heavy atom. The molecule has 3 rings (SSSR count). The molecule has 1 saturated heterocycles. The number of hydrogen-bond donors (Lipinski definition) is 2. The van der Waals surface area contributed by atoms with E-state index in [0.29, 0.717) is 11.9 Å². The maximum atomic E-state index is 12.3. The van der Waals surface area contributed by atoms with Gasteiger partial charge in [-0.1, -0.05) is 30.3 Å². The standard InChI is InChI=1S/C17H23N3O/c1-12(2)18-16-19-15(21)17(20-16)10-8-14(9-11-17)13-6-4-3-5-7-13/h3-7,12,14H,8-11H2,1-2H3,(H2,18,19,20,21). The monoisotopic (exact) mass is 285 g/mol. The Hall–Kier alpha value is -1.84. The first kappa shape index (κ1) is 14.1. The second-order valence-corrected chi connectivity index (χ2v) is 6.42. The van der Waals surface area contributed by atoms with Crippen LogP contribution in [0.15, 0.2) is 35.3 Å². The number of carbonyl (C=O) groups is 1. The summed E-state index contributed by atoms with van der Waals surface area (Å²) in [6, 6.07) is 10.8. The average Bonchev–Trinajstić information content (AvgIpc) is 2.75. The van der Waals surface area contributed by atoms with Crippen LogP contribution in [0.25, 0.3) is 0 Å². The second kappa shape index (κ2) is 5.51. The van der Waals surface area contributed by atoms with Crippen LogP contribution in [0.3, 0.4) is 0 Å². The highest BCUT2D eigenvalue weighted by Gasteiger charge is 2.47. The smallest absolute Gasteiger partial charge is 0.252 e. The lowest BCUT2D eigenvalue weighted by molar-refractivity contribution is -0.125. The van der Waals surface area contributed by atoms with Crippen LogP contribution < -0.4 is 10.6 Å². The lowest BCUT2D eigenvalue weighted by atomic mass is 9.74. The van der Waals surface area contributed by atoms with Gasteiger partial charge < -0.3 is 5.32 Å². The predicted molar refractivity (Wildman–Crippen MR) is 84.2 cm³/mol. The predicted octanol–water partition coefficient (Wildman–Crippen LogP) is 2.57. The van der Waals surface area contributed by atoms with Crippen molar-refractivity contribution in [2.45, 2.75) is 57.0 Å². The number of aliphatic imine (C=N–C) groups is 1. The van der Waals surface area contributed by atoms with E-state index in [1.807, 2.05) is 13.8 Å². The number of guanidine groups is 1. The number of rotatable bonds is 2. The van der Waals surface area contributed by atoms with Crippen LogP contribution in [0.2, 0.25) is 0 Å². The third-order valence-electron chi connectivity index (χ3n) is 4.52. The molecule has 1 aromatic carbocycles. The van der Waals surface area contributed by atoms with E-state index in [-0.39, 0.29) is 11.9 Å². The molecule has 1 aliphatic carbocycles. The van der Waals surface area contributed by atoms with E-state index >= 15 is 0 Å². The second-order valence-electron chi connectivity index (χ2n) is 6.42. The molecule has 0 bridgehead atoms. The minimum atomic E-state index is -0.432. The molecule has 112 valence electrons. The molecule has 0 unspecified atom stereocenters. The number of nitrogens with one attached hydrogen (secondary N) is 2. The van der Waals surface area contributed by atoms with Crippen molar-refractivity contribution < 1.29 is 4.79 Å². The number of amides is 1. The lowest BCUT2D eigenvalue weighted by Gasteiger charge is -2.35.